The molecule has 2 unspecified atom stereocenters. The molecule has 0 amide bonds. The van der Waals surface area contributed by atoms with Crippen molar-refractivity contribution in [1.29, 1.82) is 0 Å². The van der Waals surface area contributed by atoms with Crippen molar-refractivity contribution in [2.24, 2.45) is 0 Å². The highest BCUT2D eigenvalue weighted by atomic mass is 19.1. The van der Waals surface area contributed by atoms with E-state index in [1.165, 1.54) is 12.1 Å². The number of nitrogens with zero attached hydrogens (tertiary/aromatic N) is 3. The second-order valence-corrected chi connectivity index (χ2v) is 5.46. The SMILES string of the molecule is COc1cc(C)nc(N2CC(O)CC2c2cccc(F)c2)n1. The third-order valence-electron chi connectivity index (χ3n) is 3.80. The zero-order valence-corrected chi connectivity index (χ0v) is 12.5. The second kappa shape index (κ2) is 5.88. The van der Waals surface area contributed by atoms with Crippen molar-refractivity contribution < 1.29 is 14.2 Å². The summed E-state index contributed by atoms with van der Waals surface area (Å²) in [5.74, 6) is 0.672. The van der Waals surface area contributed by atoms with Gasteiger partial charge in [-0.1, -0.05) is 12.1 Å². The minimum Gasteiger partial charge on any atom is -0.481 e. The number of aliphatic hydroxyl groups excluding tert-OH is 1. The summed E-state index contributed by atoms with van der Waals surface area (Å²) in [6.45, 7) is 2.27. The quantitative estimate of drug-likeness (QED) is 0.942. The summed E-state index contributed by atoms with van der Waals surface area (Å²) in [5, 5.41) is 10.0. The fraction of sp³-hybridized carbons (Fsp3) is 0.375. The van der Waals surface area contributed by atoms with E-state index in [2.05, 4.69) is 9.97 Å². The Balaban J connectivity index is 1.99. The van der Waals surface area contributed by atoms with E-state index in [9.17, 15) is 9.50 Å². The van der Waals surface area contributed by atoms with Gasteiger partial charge in [0.2, 0.25) is 11.8 Å². The van der Waals surface area contributed by atoms with Crippen molar-refractivity contribution >= 4 is 5.95 Å². The number of ether oxygens (including phenoxy) is 1. The van der Waals surface area contributed by atoms with Gasteiger partial charge in [0.05, 0.1) is 19.3 Å². The van der Waals surface area contributed by atoms with Gasteiger partial charge in [-0.3, -0.25) is 0 Å². The maximum atomic E-state index is 13.5. The largest absolute Gasteiger partial charge is 0.481 e. The maximum absolute atomic E-state index is 13.5. The number of hydrogen-bond acceptors (Lipinski definition) is 5. The van der Waals surface area contributed by atoms with Crippen LogP contribution in [0, 0.1) is 12.7 Å². The van der Waals surface area contributed by atoms with Crippen LogP contribution in [-0.2, 0) is 0 Å². The first-order valence-corrected chi connectivity index (χ1v) is 7.16. The Labute approximate surface area is 128 Å². The molecule has 1 aromatic heterocycles. The lowest BCUT2D eigenvalue weighted by molar-refractivity contribution is 0.194. The first-order chi connectivity index (χ1) is 10.6. The first-order valence-electron chi connectivity index (χ1n) is 7.16. The van der Waals surface area contributed by atoms with Gasteiger partial charge in [0.25, 0.3) is 0 Å². The molecule has 2 aromatic rings. The summed E-state index contributed by atoms with van der Waals surface area (Å²) in [5.41, 5.74) is 1.59. The van der Waals surface area contributed by atoms with E-state index >= 15 is 0 Å². The molecular weight excluding hydrogens is 285 g/mol. The third-order valence-corrected chi connectivity index (χ3v) is 3.80. The van der Waals surface area contributed by atoms with Crippen molar-refractivity contribution in [1.82, 2.24) is 9.97 Å². The van der Waals surface area contributed by atoms with E-state index < -0.39 is 6.10 Å². The molecule has 0 radical (unpaired) electrons. The summed E-state index contributed by atoms with van der Waals surface area (Å²) in [6, 6.07) is 8.01. The van der Waals surface area contributed by atoms with E-state index in [0.29, 0.717) is 24.8 Å². The Morgan fingerprint density at radius 1 is 1.32 bits per heavy atom. The molecule has 0 spiro atoms. The van der Waals surface area contributed by atoms with Gasteiger partial charge in [0.15, 0.2) is 0 Å². The van der Waals surface area contributed by atoms with E-state index in [4.69, 9.17) is 4.74 Å². The molecule has 1 aliphatic rings. The average molecular weight is 303 g/mol. The van der Waals surface area contributed by atoms with Crippen LogP contribution in [0.2, 0.25) is 0 Å². The molecule has 2 heterocycles. The Bertz CT molecular complexity index is 680. The summed E-state index contributed by atoms with van der Waals surface area (Å²) < 4.78 is 18.7. The van der Waals surface area contributed by atoms with Gasteiger partial charge < -0.3 is 14.7 Å². The van der Waals surface area contributed by atoms with Crippen LogP contribution in [0.3, 0.4) is 0 Å². The van der Waals surface area contributed by atoms with Crippen LogP contribution in [0.25, 0.3) is 0 Å². The molecule has 0 aliphatic carbocycles. The Hall–Kier alpha value is -2.21. The number of rotatable bonds is 3. The number of aliphatic hydroxyl groups is 1. The van der Waals surface area contributed by atoms with E-state index in [-0.39, 0.29) is 11.9 Å². The van der Waals surface area contributed by atoms with Crippen molar-refractivity contribution in [2.75, 3.05) is 18.6 Å². The average Bonchev–Trinajstić information content (AvgIpc) is 2.88. The number of β-amino-alcohol motifs (C(OH)–C–C–N with tert-alkyl or cyclic N) is 1. The van der Waals surface area contributed by atoms with Gasteiger partial charge in [-0.25, -0.2) is 9.37 Å². The second-order valence-electron chi connectivity index (χ2n) is 5.46. The predicted molar refractivity (Wildman–Crippen MR) is 80.4 cm³/mol. The van der Waals surface area contributed by atoms with E-state index in [0.717, 1.165) is 11.3 Å². The summed E-state index contributed by atoms with van der Waals surface area (Å²) >= 11 is 0. The maximum Gasteiger partial charge on any atom is 0.229 e. The molecule has 1 saturated heterocycles. The summed E-state index contributed by atoms with van der Waals surface area (Å²) in [7, 11) is 1.55. The van der Waals surface area contributed by atoms with Crippen LogP contribution >= 0.6 is 0 Å². The molecule has 5 nitrogen and oxygen atoms in total. The minimum atomic E-state index is -0.497. The normalized spacial score (nSPS) is 21.2. The number of hydrogen-bond donors (Lipinski definition) is 1. The van der Waals surface area contributed by atoms with E-state index in [1.54, 1.807) is 19.2 Å². The van der Waals surface area contributed by atoms with Gasteiger partial charge in [-0.15, -0.1) is 0 Å². The zero-order chi connectivity index (χ0) is 15.7. The summed E-state index contributed by atoms with van der Waals surface area (Å²) in [6.07, 6.45) is 0.0201. The lowest BCUT2D eigenvalue weighted by atomic mass is 10.0. The van der Waals surface area contributed by atoms with Crippen molar-refractivity contribution in [3.05, 3.63) is 47.4 Å². The number of anilines is 1. The summed E-state index contributed by atoms with van der Waals surface area (Å²) in [4.78, 5) is 10.7. The molecule has 1 aliphatic heterocycles. The van der Waals surface area contributed by atoms with Crippen LogP contribution in [0.1, 0.15) is 23.7 Å². The Morgan fingerprint density at radius 2 is 2.14 bits per heavy atom. The highest BCUT2D eigenvalue weighted by Crippen LogP contribution is 2.35. The fourth-order valence-electron chi connectivity index (χ4n) is 2.82. The van der Waals surface area contributed by atoms with Crippen molar-refractivity contribution in [3.8, 4) is 5.88 Å². The number of halogens is 1. The molecule has 3 rings (SSSR count). The van der Waals surface area contributed by atoms with Crippen LogP contribution in [0.15, 0.2) is 30.3 Å². The number of aromatic nitrogens is 2. The number of methoxy groups -OCH3 is 1. The van der Waals surface area contributed by atoms with Gasteiger partial charge in [0.1, 0.15) is 5.82 Å². The van der Waals surface area contributed by atoms with Crippen molar-refractivity contribution in [3.63, 3.8) is 0 Å². The van der Waals surface area contributed by atoms with Gasteiger partial charge >= 0.3 is 0 Å². The van der Waals surface area contributed by atoms with Crippen LogP contribution in [-0.4, -0.2) is 34.8 Å². The smallest absolute Gasteiger partial charge is 0.229 e. The highest BCUT2D eigenvalue weighted by Gasteiger charge is 2.34. The highest BCUT2D eigenvalue weighted by molar-refractivity contribution is 5.41. The molecule has 1 N–H and O–H groups in total. The van der Waals surface area contributed by atoms with E-state index in [1.807, 2.05) is 17.9 Å². The topological polar surface area (TPSA) is 58.5 Å². The molecular formula is C16H18FN3O2. The number of benzene rings is 1. The van der Waals surface area contributed by atoms with Gasteiger partial charge in [-0.05, 0) is 31.0 Å². The molecule has 0 bridgehead atoms. The monoisotopic (exact) mass is 303 g/mol. The fourth-order valence-corrected chi connectivity index (χ4v) is 2.82. The molecule has 0 saturated carbocycles. The van der Waals surface area contributed by atoms with Crippen LogP contribution in [0.5, 0.6) is 5.88 Å². The lowest BCUT2D eigenvalue weighted by Gasteiger charge is -2.25. The van der Waals surface area contributed by atoms with Gasteiger partial charge in [-0.2, -0.15) is 4.98 Å². The predicted octanol–water partition coefficient (Wildman–Crippen LogP) is 2.25. The molecule has 22 heavy (non-hydrogen) atoms. The Morgan fingerprint density at radius 3 is 2.86 bits per heavy atom. The molecule has 6 heteroatoms. The molecule has 1 fully saturated rings. The Kier molecular flexibility index (Phi) is 3.94. The zero-order valence-electron chi connectivity index (χ0n) is 12.5. The first kappa shape index (κ1) is 14.7. The molecule has 2 atom stereocenters. The molecule has 116 valence electrons. The van der Waals surface area contributed by atoms with Crippen LogP contribution in [0.4, 0.5) is 10.3 Å². The third kappa shape index (κ3) is 2.87. The van der Waals surface area contributed by atoms with Crippen molar-refractivity contribution in [2.45, 2.75) is 25.5 Å². The number of aryl methyl sites for hydroxylation is 1. The van der Waals surface area contributed by atoms with Crippen LogP contribution < -0.4 is 9.64 Å². The lowest BCUT2D eigenvalue weighted by Crippen LogP contribution is -2.26. The minimum absolute atomic E-state index is 0.155. The molecule has 1 aromatic carbocycles. The van der Waals surface area contributed by atoms with Gasteiger partial charge in [0, 0.05) is 18.3 Å². The standard InChI is InChI=1S/C16H18FN3O2/c1-10-6-15(22-2)19-16(18-10)20-9-13(21)8-14(20)11-4-3-5-12(17)7-11/h3-7,13-14,21H,8-9H2,1-2H3.